The molecule has 1 aliphatic rings. The van der Waals surface area contributed by atoms with Crippen molar-refractivity contribution in [2.75, 3.05) is 26.2 Å². The van der Waals surface area contributed by atoms with Crippen molar-refractivity contribution in [3.63, 3.8) is 0 Å². The molecule has 0 saturated carbocycles. The third kappa shape index (κ3) is 4.15. The van der Waals surface area contributed by atoms with Gasteiger partial charge in [-0.2, -0.15) is 13.2 Å². The van der Waals surface area contributed by atoms with Gasteiger partial charge in [-0.25, -0.2) is 8.70 Å². The van der Waals surface area contributed by atoms with Gasteiger partial charge in [-0.1, -0.05) is 12.6 Å². The quantitative estimate of drug-likeness (QED) is 0.677. The minimum Gasteiger partial charge on any atom is -0.365 e. The molecular formula is C14H17F4N3S. The van der Waals surface area contributed by atoms with E-state index in [9.17, 15) is 17.6 Å². The molecule has 0 bridgehead atoms. The Balaban J connectivity index is 1.96. The SMILES string of the molecule is C=C(N1CCN(Sc2cc(F)ccc2CN)CC1)C(F)(F)F. The number of alkyl halides is 3. The number of nitrogens with zero attached hydrogens (tertiary/aromatic N) is 2. The normalized spacial score (nSPS) is 16.9. The van der Waals surface area contributed by atoms with Crippen LogP contribution in [0.2, 0.25) is 0 Å². The third-order valence-corrected chi connectivity index (χ3v) is 4.62. The van der Waals surface area contributed by atoms with Crippen LogP contribution in [-0.4, -0.2) is 41.6 Å². The number of hydrogen-bond acceptors (Lipinski definition) is 4. The van der Waals surface area contributed by atoms with Gasteiger partial charge in [0.2, 0.25) is 0 Å². The van der Waals surface area contributed by atoms with Gasteiger partial charge in [-0.3, -0.25) is 0 Å². The molecule has 1 aromatic carbocycles. The fourth-order valence-corrected chi connectivity index (χ4v) is 3.21. The van der Waals surface area contributed by atoms with Crippen molar-refractivity contribution in [2.24, 2.45) is 5.73 Å². The van der Waals surface area contributed by atoms with Gasteiger partial charge in [-0.15, -0.1) is 0 Å². The van der Waals surface area contributed by atoms with E-state index in [1.807, 2.05) is 4.31 Å². The van der Waals surface area contributed by atoms with E-state index in [0.29, 0.717) is 18.0 Å². The summed E-state index contributed by atoms with van der Waals surface area (Å²) in [5.41, 5.74) is 5.62. The number of benzene rings is 1. The Kier molecular flexibility index (Phi) is 5.36. The van der Waals surface area contributed by atoms with Crippen LogP contribution in [0.3, 0.4) is 0 Å². The zero-order chi connectivity index (χ0) is 16.3. The van der Waals surface area contributed by atoms with Gasteiger partial charge in [0.1, 0.15) is 11.5 Å². The van der Waals surface area contributed by atoms with E-state index in [0.717, 1.165) is 5.56 Å². The van der Waals surface area contributed by atoms with Crippen LogP contribution in [0.1, 0.15) is 5.56 Å². The maximum absolute atomic E-state index is 13.3. The molecule has 0 unspecified atom stereocenters. The summed E-state index contributed by atoms with van der Waals surface area (Å²) < 4.78 is 53.0. The standard InChI is InChI=1S/C14H17F4N3S/c1-10(14(16,17)18)20-4-6-21(7-5-20)22-13-8-12(15)3-2-11(13)9-19/h2-3,8H,1,4-7,9,19H2. The van der Waals surface area contributed by atoms with E-state index in [1.54, 1.807) is 6.07 Å². The molecule has 122 valence electrons. The molecule has 0 atom stereocenters. The number of nitrogens with two attached hydrogens (primary N) is 1. The zero-order valence-electron chi connectivity index (χ0n) is 11.9. The topological polar surface area (TPSA) is 32.5 Å². The fraction of sp³-hybridized carbons (Fsp3) is 0.429. The van der Waals surface area contributed by atoms with Crippen molar-refractivity contribution < 1.29 is 17.6 Å². The lowest BCUT2D eigenvalue weighted by Gasteiger charge is -2.36. The van der Waals surface area contributed by atoms with Crippen LogP contribution < -0.4 is 5.73 Å². The molecule has 1 saturated heterocycles. The summed E-state index contributed by atoms with van der Waals surface area (Å²) in [5.74, 6) is -0.358. The van der Waals surface area contributed by atoms with Gasteiger partial charge < -0.3 is 10.6 Å². The van der Waals surface area contributed by atoms with Crippen LogP contribution in [0.5, 0.6) is 0 Å². The van der Waals surface area contributed by atoms with Crippen molar-refractivity contribution >= 4 is 11.9 Å². The maximum Gasteiger partial charge on any atom is 0.430 e. The van der Waals surface area contributed by atoms with Gasteiger partial charge in [0.15, 0.2) is 0 Å². The highest BCUT2D eigenvalue weighted by Gasteiger charge is 2.37. The average molecular weight is 335 g/mol. The molecule has 2 N–H and O–H groups in total. The van der Waals surface area contributed by atoms with Crippen molar-refractivity contribution in [1.29, 1.82) is 0 Å². The fourth-order valence-electron chi connectivity index (χ4n) is 2.15. The van der Waals surface area contributed by atoms with Crippen molar-refractivity contribution in [3.05, 3.63) is 41.9 Å². The first-order valence-corrected chi connectivity index (χ1v) is 7.51. The Morgan fingerprint density at radius 3 is 2.41 bits per heavy atom. The molecular weight excluding hydrogens is 318 g/mol. The van der Waals surface area contributed by atoms with Gasteiger partial charge >= 0.3 is 6.18 Å². The number of allylic oxidation sites excluding steroid dienone is 1. The zero-order valence-corrected chi connectivity index (χ0v) is 12.7. The Morgan fingerprint density at radius 2 is 1.86 bits per heavy atom. The van der Waals surface area contributed by atoms with Crippen LogP contribution in [0, 0.1) is 5.82 Å². The second-order valence-corrected chi connectivity index (χ2v) is 6.05. The summed E-state index contributed by atoms with van der Waals surface area (Å²) >= 11 is 1.33. The van der Waals surface area contributed by atoms with E-state index in [-0.39, 0.29) is 25.5 Å². The largest absolute Gasteiger partial charge is 0.430 e. The molecule has 0 spiro atoms. The number of piperazine rings is 1. The van der Waals surface area contributed by atoms with E-state index in [4.69, 9.17) is 5.73 Å². The first-order valence-electron chi connectivity index (χ1n) is 6.73. The Bertz CT molecular complexity index is 539. The minimum atomic E-state index is -4.40. The van der Waals surface area contributed by atoms with E-state index in [1.165, 1.54) is 29.0 Å². The lowest BCUT2D eigenvalue weighted by Crippen LogP contribution is -2.45. The lowest BCUT2D eigenvalue weighted by atomic mass is 10.2. The molecule has 1 aromatic rings. The molecule has 1 aliphatic heterocycles. The van der Waals surface area contributed by atoms with E-state index < -0.39 is 11.9 Å². The number of halogens is 4. The minimum absolute atomic E-state index is 0.235. The maximum atomic E-state index is 13.3. The highest BCUT2D eigenvalue weighted by Crippen LogP contribution is 2.31. The van der Waals surface area contributed by atoms with Crippen LogP contribution >= 0.6 is 11.9 Å². The van der Waals surface area contributed by atoms with Gasteiger partial charge in [0.05, 0.1) is 0 Å². The molecule has 22 heavy (non-hydrogen) atoms. The van der Waals surface area contributed by atoms with Crippen LogP contribution in [0.4, 0.5) is 17.6 Å². The Morgan fingerprint density at radius 1 is 1.23 bits per heavy atom. The summed E-state index contributed by atoms with van der Waals surface area (Å²) in [6.45, 7) is 4.72. The molecule has 2 rings (SSSR count). The molecule has 1 fully saturated rings. The Hall–Kier alpha value is -1.25. The monoisotopic (exact) mass is 335 g/mol. The summed E-state index contributed by atoms with van der Waals surface area (Å²) in [4.78, 5) is 1.93. The van der Waals surface area contributed by atoms with Crippen molar-refractivity contribution in [3.8, 4) is 0 Å². The second kappa shape index (κ2) is 6.89. The predicted octanol–water partition coefficient (Wildman–Crippen LogP) is 2.99. The number of rotatable bonds is 4. The first kappa shape index (κ1) is 17.1. The van der Waals surface area contributed by atoms with Crippen LogP contribution in [0.25, 0.3) is 0 Å². The highest BCUT2D eigenvalue weighted by atomic mass is 32.2. The summed E-state index contributed by atoms with van der Waals surface area (Å²) in [6.07, 6.45) is -4.40. The summed E-state index contributed by atoms with van der Waals surface area (Å²) in [7, 11) is 0. The smallest absolute Gasteiger partial charge is 0.365 e. The van der Waals surface area contributed by atoms with Crippen molar-refractivity contribution in [2.45, 2.75) is 17.6 Å². The predicted molar refractivity (Wildman–Crippen MR) is 78.5 cm³/mol. The van der Waals surface area contributed by atoms with Gasteiger partial charge in [0.25, 0.3) is 0 Å². The molecule has 0 radical (unpaired) electrons. The summed E-state index contributed by atoms with van der Waals surface area (Å²) in [5, 5.41) is 0. The third-order valence-electron chi connectivity index (χ3n) is 3.42. The Labute approximate surface area is 130 Å². The van der Waals surface area contributed by atoms with E-state index >= 15 is 0 Å². The van der Waals surface area contributed by atoms with Crippen LogP contribution in [0.15, 0.2) is 35.4 Å². The lowest BCUT2D eigenvalue weighted by molar-refractivity contribution is -0.112. The van der Waals surface area contributed by atoms with Crippen molar-refractivity contribution in [1.82, 2.24) is 9.21 Å². The van der Waals surface area contributed by atoms with Crippen LogP contribution in [-0.2, 0) is 6.54 Å². The van der Waals surface area contributed by atoms with Gasteiger partial charge in [-0.05, 0) is 29.6 Å². The molecule has 3 nitrogen and oxygen atoms in total. The molecule has 8 heteroatoms. The highest BCUT2D eigenvalue weighted by molar-refractivity contribution is 7.97. The van der Waals surface area contributed by atoms with E-state index in [2.05, 4.69) is 6.58 Å². The average Bonchev–Trinajstić information content (AvgIpc) is 2.46. The molecule has 0 aliphatic carbocycles. The second-order valence-electron chi connectivity index (χ2n) is 4.91. The molecule has 0 amide bonds. The number of hydrogen-bond donors (Lipinski definition) is 1. The summed E-state index contributed by atoms with van der Waals surface area (Å²) in [6, 6.07) is 4.37. The first-order chi connectivity index (χ1) is 10.3. The molecule has 1 heterocycles. The van der Waals surface area contributed by atoms with Gasteiger partial charge in [0, 0.05) is 37.6 Å². The molecule has 0 aromatic heterocycles.